The zero-order chi connectivity index (χ0) is 24.7. The number of aromatic hydroxyl groups is 1. The van der Waals surface area contributed by atoms with Crippen molar-refractivity contribution in [3.8, 4) is 11.5 Å². The van der Waals surface area contributed by atoms with Crippen LogP contribution in [0, 0.1) is 6.92 Å². The molecule has 2 aromatic rings. The van der Waals surface area contributed by atoms with Crippen molar-refractivity contribution >= 4 is 17.6 Å². The lowest BCUT2D eigenvalue weighted by Gasteiger charge is -2.26. The lowest BCUT2D eigenvalue weighted by molar-refractivity contribution is -0.170. The molecule has 1 atom stereocenters. The summed E-state index contributed by atoms with van der Waals surface area (Å²) < 4.78 is 84.2. The van der Waals surface area contributed by atoms with Crippen LogP contribution in [0.15, 0.2) is 30.3 Å². The largest absolute Gasteiger partial charge is 0.507 e. The molecule has 178 valence electrons. The Morgan fingerprint density at radius 3 is 2.36 bits per heavy atom. The number of carbonyl (C=O) groups excluding carboxylic acids is 1. The Kier molecular flexibility index (Phi) is 6.22. The molecule has 0 aliphatic carbocycles. The number of carbonyl (C=O) groups is 2. The predicted molar refractivity (Wildman–Crippen MR) is 102 cm³/mol. The van der Waals surface area contributed by atoms with Gasteiger partial charge >= 0.3 is 24.2 Å². The topological polar surface area (TPSA) is 87.1 Å². The van der Waals surface area contributed by atoms with E-state index in [1.807, 2.05) is 0 Å². The zero-order valence-corrected chi connectivity index (χ0v) is 16.9. The van der Waals surface area contributed by atoms with Gasteiger partial charge in [-0.1, -0.05) is 12.1 Å². The molecule has 1 aliphatic heterocycles. The van der Waals surface area contributed by atoms with Gasteiger partial charge in [-0.2, -0.15) is 26.3 Å². The van der Waals surface area contributed by atoms with E-state index in [-0.39, 0.29) is 35.6 Å². The fraction of sp³-hybridized carbons (Fsp3) is 0.333. The number of hydrogen-bond donors (Lipinski definition) is 2. The van der Waals surface area contributed by atoms with Crippen LogP contribution in [0.5, 0.6) is 11.5 Å². The molecule has 0 fully saturated rings. The molecule has 0 bridgehead atoms. The van der Waals surface area contributed by atoms with Crippen LogP contribution in [0.3, 0.4) is 0 Å². The third-order valence-electron chi connectivity index (χ3n) is 5.27. The summed E-state index contributed by atoms with van der Waals surface area (Å²) in [4.78, 5) is 23.4. The van der Waals surface area contributed by atoms with Gasteiger partial charge in [-0.05, 0) is 30.2 Å². The average Bonchev–Trinajstić information content (AvgIpc) is 3.08. The number of phenols is 1. The first-order valence-corrected chi connectivity index (χ1v) is 9.46. The first kappa shape index (κ1) is 24.2. The van der Waals surface area contributed by atoms with E-state index in [1.54, 1.807) is 0 Å². The predicted octanol–water partition coefficient (Wildman–Crippen LogP) is 4.77. The van der Waals surface area contributed by atoms with Gasteiger partial charge in [0.05, 0.1) is 25.1 Å². The van der Waals surface area contributed by atoms with Gasteiger partial charge in [-0.3, -0.25) is 9.59 Å². The van der Waals surface area contributed by atoms with Crippen molar-refractivity contribution in [2.45, 2.75) is 38.2 Å². The highest BCUT2D eigenvalue weighted by molar-refractivity contribution is 5.97. The van der Waals surface area contributed by atoms with Gasteiger partial charge in [-0.25, -0.2) is 0 Å². The number of amides is 1. The fourth-order valence-corrected chi connectivity index (χ4v) is 3.56. The van der Waals surface area contributed by atoms with Gasteiger partial charge in [0.25, 0.3) is 0 Å². The highest BCUT2D eigenvalue weighted by atomic mass is 19.4. The van der Waals surface area contributed by atoms with Gasteiger partial charge < -0.3 is 19.8 Å². The molecular weight excluding hydrogens is 460 g/mol. The Bertz CT molecular complexity index is 1100. The van der Waals surface area contributed by atoms with Crippen molar-refractivity contribution in [2.75, 3.05) is 11.5 Å². The number of carboxylic acid groups (broad SMARTS) is 1. The Morgan fingerprint density at radius 2 is 1.79 bits per heavy atom. The molecule has 0 spiro atoms. The highest BCUT2D eigenvalue weighted by Crippen LogP contribution is 2.41. The molecule has 33 heavy (non-hydrogen) atoms. The standard InChI is InChI=1S/C21H17F6NO5/c1-10-11(2-5-15(18(10)31)20(22,23)24)8-28(19(32)21(25,26)27)13-3-4-14-12(6-17(29)30)9-33-16(14)7-13/h2-5,7,12,31H,6,8-9H2,1H3,(H,29,30)/t12-/m1/s1. The second kappa shape index (κ2) is 8.49. The maximum Gasteiger partial charge on any atom is 0.471 e. The monoisotopic (exact) mass is 477 g/mol. The van der Waals surface area contributed by atoms with Crippen LogP contribution in [-0.4, -0.2) is 34.9 Å². The number of rotatable bonds is 5. The van der Waals surface area contributed by atoms with Crippen LogP contribution in [-0.2, 0) is 22.3 Å². The van der Waals surface area contributed by atoms with Crippen LogP contribution >= 0.6 is 0 Å². The Balaban J connectivity index is 2.01. The normalized spacial score (nSPS) is 15.7. The fourth-order valence-electron chi connectivity index (χ4n) is 3.56. The summed E-state index contributed by atoms with van der Waals surface area (Å²) in [5.74, 6) is -4.93. The molecule has 0 radical (unpaired) electrons. The second-order valence-electron chi connectivity index (χ2n) is 7.46. The number of fused-ring (bicyclic) bond motifs is 1. The quantitative estimate of drug-likeness (QED) is 0.607. The highest BCUT2D eigenvalue weighted by Gasteiger charge is 2.44. The number of phenolic OH excluding ortho intramolecular Hbond substituents is 1. The number of nitrogens with zero attached hydrogens (tertiary/aromatic N) is 1. The summed E-state index contributed by atoms with van der Waals surface area (Å²) in [6, 6.07) is 5.07. The lowest BCUT2D eigenvalue weighted by Crippen LogP contribution is -2.41. The lowest BCUT2D eigenvalue weighted by atomic mass is 9.97. The van der Waals surface area contributed by atoms with E-state index in [0.717, 1.165) is 19.1 Å². The number of ether oxygens (including phenoxy) is 1. The molecule has 3 rings (SSSR count). The van der Waals surface area contributed by atoms with Gasteiger partial charge in [-0.15, -0.1) is 0 Å². The third-order valence-corrected chi connectivity index (χ3v) is 5.27. The van der Waals surface area contributed by atoms with Crippen molar-refractivity contribution < 1.29 is 50.9 Å². The molecule has 1 aliphatic rings. The van der Waals surface area contributed by atoms with E-state index in [1.165, 1.54) is 12.1 Å². The summed E-state index contributed by atoms with van der Waals surface area (Å²) in [6.45, 7) is 0.301. The van der Waals surface area contributed by atoms with Crippen molar-refractivity contribution in [3.63, 3.8) is 0 Å². The van der Waals surface area contributed by atoms with Crippen molar-refractivity contribution in [3.05, 3.63) is 52.6 Å². The van der Waals surface area contributed by atoms with E-state index in [4.69, 9.17) is 9.84 Å². The van der Waals surface area contributed by atoms with E-state index in [9.17, 15) is 41.0 Å². The molecule has 0 unspecified atom stereocenters. The number of benzene rings is 2. The molecule has 0 saturated heterocycles. The van der Waals surface area contributed by atoms with Crippen molar-refractivity contribution in [1.29, 1.82) is 0 Å². The van der Waals surface area contributed by atoms with Crippen LogP contribution < -0.4 is 9.64 Å². The Morgan fingerprint density at radius 1 is 1.12 bits per heavy atom. The van der Waals surface area contributed by atoms with Gasteiger partial charge in [0.1, 0.15) is 11.5 Å². The maximum absolute atomic E-state index is 13.3. The number of hydrogen-bond acceptors (Lipinski definition) is 4. The van der Waals surface area contributed by atoms with E-state index in [2.05, 4.69) is 0 Å². The number of halogens is 6. The molecule has 2 N–H and O–H groups in total. The van der Waals surface area contributed by atoms with Crippen LogP contribution in [0.2, 0.25) is 0 Å². The third kappa shape index (κ3) is 4.99. The van der Waals surface area contributed by atoms with Crippen molar-refractivity contribution in [2.24, 2.45) is 0 Å². The zero-order valence-electron chi connectivity index (χ0n) is 16.9. The minimum atomic E-state index is -5.30. The molecule has 0 saturated carbocycles. The molecule has 1 heterocycles. The molecule has 2 aromatic carbocycles. The molecule has 12 heteroatoms. The Labute approximate surface area is 183 Å². The first-order valence-electron chi connectivity index (χ1n) is 9.46. The Hall–Kier alpha value is -3.44. The number of carboxylic acids is 1. The number of alkyl halides is 6. The SMILES string of the molecule is Cc1c(CN(C(=O)C(F)(F)F)c2ccc3c(c2)OC[C@H]3CC(=O)O)ccc(C(F)(F)F)c1O. The summed E-state index contributed by atoms with van der Waals surface area (Å²) in [5.41, 5.74) is -1.63. The summed E-state index contributed by atoms with van der Waals surface area (Å²) in [5, 5.41) is 18.9. The summed E-state index contributed by atoms with van der Waals surface area (Å²) >= 11 is 0. The van der Waals surface area contributed by atoms with Crippen molar-refractivity contribution in [1.82, 2.24) is 0 Å². The average molecular weight is 477 g/mol. The minimum absolute atomic E-state index is 0.00973. The van der Waals surface area contributed by atoms with Gasteiger partial charge in [0.2, 0.25) is 0 Å². The number of aliphatic carboxylic acids is 1. The first-order chi connectivity index (χ1) is 15.2. The van der Waals surface area contributed by atoms with Gasteiger partial charge in [0.15, 0.2) is 0 Å². The minimum Gasteiger partial charge on any atom is -0.507 e. The molecule has 1 amide bonds. The van der Waals surface area contributed by atoms with E-state index < -0.39 is 48.0 Å². The summed E-state index contributed by atoms with van der Waals surface area (Å²) in [6.07, 6.45) is -10.4. The van der Waals surface area contributed by atoms with Gasteiger partial charge in [0, 0.05) is 23.2 Å². The smallest absolute Gasteiger partial charge is 0.471 e. The molecule has 6 nitrogen and oxygen atoms in total. The molecular formula is C21H17F6NO5. The van der Waals surface area contributed by atoms with E-state index >= 15 is 0 Å². The summed E-state index contributed by atoms with van der Waals surface area (Å²) in [7, 11) is 0. The van der Waals surface area contributed by atoms with Crippen LogP contribution in [0.1, 0.15) is 34.6 Å². The second-order valence-corrected chi connectivity index (χ2v) is 7.46. The van der Waals surface area contributed by atoms with Crippen LogP contribution in [0.4, 0.5) is 32.0 Å². The van der Waals surface area contributed by atoms with E-state index in [0.29, 0.717) is 16.5 Å². The number of anilines is 1. The maximum atomic E-state index is 13.3. The molecule has 0 aromatic heterocycles. The van der Waals surface area contributed by atoms with Crippen LogP contribution in [0.25, 0.3) is 0 Å².